The van der Waals surface area contributed by atoms with E-state index < -0.39 is 5.60 Å². The summed E-state index contributed by atoms with van der Waals surface area (Å²) in [5.74, 6) is 2.41. The molecule has 0 N–H and O–H groups in total. The second-order valence-corrected chi connectivity index (χ2v) is 13.7. The Labute approximate surface area is 288 Å². The molecule has 2 aromatic heterocycles. The Bertz CT molecular complexity index is 1590. The first-order valence-electron chi connectivity index (χ1n) is 17.1. The number of benzene rings is 1. The largest absolute Gasteiger partial charge is 0.486 e. The Balaban J connectivity index is 1.19. The number of anilines is 1. The van der Waals surface area contributed by atoms with Crippen molar-refractivity contribution in [1.82, 2.24) is 19.8 Å². The van der Waals surface area contributed by atoms with Gasteiger partial charge >= 0.3 is 6.09 Å². The predicted octanol–water partition coefficient (Wildman–Crippen LogP) is 5.02. The molecule has 1 atom stereocenters. The van der Waals surface area contributed by atoms with Crippen molar-refractivity contribution in [2.75, 3.05) is 51.5 Å². The number of nitrogens with zero attached hydrogens (tertiary/aromatic N) is 5. The first-order valence-corrected chi connectivity index (χ1v) is 17.1. The van der Waals surface area contributed by atoms with Crippen LogP contribution >= 0.6 is 0 Å². The van der Waals surface area contributed by atoms with E-state index >= 15 is 0 Å². The van der Waals surface area contributed by atoms with Crippen LogP contribution < -0.4 is 19.1 Å². The lowest BCUT2D eigenvalue weighted by atomic mass is 10.00. The minimum Gasteiger partial charge on any atom is -0.486 e. The van der Waals surface area contributed by atoms with Crippen molar-refractivity contribution in [2.45, 2.75) is 77.3 Å². The number of carbonyl (C=O) groups excluding carboxylic acids is 2. The lowest BCUT2D eigenvalue weighted by Crippen LogP contribution is -2.55. The molecule has 262 valence electrons. The third kappa shape index (κ3) is 8.79. The maximum atomic E-state index is 13.6. The van der Waals surface area contributed by atoms with Crippen LogP contribution in [0.5, 0.6) is 17.4 Å². The van der Waals surface area contributed by atoms with Crippen molar-refractivity contribution in [1.29, 1.82) is 0 Å². The van der Waals surface area contributed by atoms with Crippen LogP contribution in [0.1, 0.15) is 56.9 Å². The molecule has 1 saturated heterocycles. The molecule has 1 unspecified atom stereocenters. The lowest BCUT2D eigenvalue weighted by Gasteiger charge is -2.43. The third-order valence-electron chi connectivity index (χ3n) is 9.02. The van der Waals surface area contributed by atoms with E-state index in [-0.39, 0.29) is 30.6 Å². The van der Waals surface area contributed by atoms with Gasteiger partial charge in [-0.05, 0) is 57.2 Å². The quantitative estimate of drug-likeness (QED) is 0.275. The van der Waals surface area contributed by atoms with Gasteiger partial charge < -0.3 is 23.7 Å². The number of amides is 2. The zero-order valence-electron chi connectivity index (χ0n) is 28.9. The number of aryl methyl sites for hydroxylation is 1. The van der Waals surface area contributed by atoms with Gasteiger partial charge in [0.1, 0.15) is 24.6 Å². The van der Waals surface area contributed by atoms with Gasteiger partial charge in [0.15, 0.2) is 11.5 Å². The molecule has 6 rings (SSSR count). The summed E-state index contributed by atoms with van der Waals surface area (Å²) in [7, 11) is 1.58. The Morgan fingerprint density at radius 3 is 2.53 bits per heavy atom. The van der Waals surface area contributed by atoms with E-state index in [1.54, 1.807) is 23.1 Å². The van der Waals surface area contributed by atoms with Gasteiger partial charge in [-0.25, -0.2) is 4.79 Å². The van der Waals surface area contributed by atoms with E-state index in [1.807, 2.05) is 69.3 Å². The number of pyridine rings is 2. The molecule has 49 heavy (non-hydrogen) atoms. The molecule has 0 radical (unpaired) electrons. The summed E-state index contributed by atoms with van der Waals surface area (Å²) in [4.78, 5) is 42.2. The number of piperidine rings is 1. The predicted molar refractivity (Wildman–Crippen MR) is 183 cm³/mol. The Hall–Kier alpha value is -4.42. The molecule has 3 aromatic rings. The van der Waals surface area contributed by atoms with Crippen molar-refractivity contribution < 1.29 is 33.3 Å². The first kappa shape index (κ1) is 34.4. The van der Waals surface area contributed by atoms with Crippen LogP contribution in [0.15, 0.2) is 54.7 Å². The van der Waals surface area contributed by atoms with Crippen LogP contribution in [0.2, 0.25) is 0 Å². The molecular formula is C37H47N5O7. The molecule has 0 bridgehead atoms. The van der Waals surface area contributed by atoms with E-state index in [9.17, 15) is 9.59 Å². The summed E-state index contributed by atoms with van der Waals surface area (Å²) in [6, 6.07) is 15.6. The number of hydrogen-bond acceptors (Lipinski definition) is 10. The van der Waals surface area contributed by atoms with Gasteiger partial charge in [0.2, 0.25) is 11.8 Å². The normalized spacial score (nSPS) is 17.3. The van der Waals surface area contributed by atoms with Gasteiger partial charge in [-0.15, -0.1) is 0 Å². The summed E-state index contributed by atoms with van der Waals surface area (Å²) in [6.07, 6.45) is 3.80. The van der Waals surface area contributed by atoms with Gasteiger partial charge in [-0.3, -0.25) is 24.5 Å². The summed E-state index contributed by atoms with van der Waals surface area (Å²) >= 11 is 0. The molecular weight excluding hydrogens is 626 g/mol. The number of aromatic nitrogens is 2. The Kier molecular flexibility index (Phi) is 10.8. The van der Waals surface area contributed by atoms with Crippen molar-refractivity contribution >= 4 is 17.8 Å². The van der Waals surface area contributed by atoms with E-state index in [0.717, 1.165) is 24.0 Å². The monoisotopic (exact) mass is 673 g/mol. The molecule has 1 fully saturated rings. The fraction of sp³-hybridized carbons (Fsp3) is 0.514. The topological polar surface area (TPSA) is 116 Å². The van der Waals surface area contributed by atoms with Crippen LogP contribution in [0.25, 0.3) is 0 Å². The number of rotatable bonds is 11. The maximum absolute atomic E-state index is 13.6. The second-order valence-electron chi connectivity index (χ2n) is 13.7. The van der Waals surface area contributed by atoms with Crippen LogP contribution in [-0.4, -0.2) is 96.0 Å². The van der Waals surface area contributed by atoms with Crippen molar-refractivity contribution in [3.63, 3.8) is 0 Å². The second kappa shape index (κ2) is 15.4. The van der Waals surface area contributed by atoms with Crippen molar-refractivity contribution in [3.05, 3.63) is 71.5 Å². The molecule has 5 heterocycles. The van der Waals surface area contributed by atoms with Gasteiger partial charge in [-0.1, -0.05) is 30.3 Å². The molecule has 3 aliphatic heterocycles. The number of methoxy groups -OCH3 is 1. The van der Waals surface area contributed by atoms with Crippen molar-refractivity contribution in [2.24, 2.45) is 0 Å². The van der Waals surface area contributed by atoms with Gasteiger partial charge in [0.05, 0.1) is 44.8 Å². The lowest BCUT2D eigenvalue weighted by molar-refractivity contribution is -0.119. The number of fused-ring (bicyclic) bond motifs is 2. The Morgan fingerprint density at radius 1 is 1.04 bits per heavy atom. The number of hydrogen-bond donors (Lipinski definition) is 0. The molecule has 0 spiro atoms. The molecule has 1 aromatic carbocycles. The van der Waals surface area contributed by atoms with Crippen LogP contribution in [-0.2, 0) is 33.8 Å². The number of carbonyl (C=O) groups is 2. The number of ether oxygens (including phenoxy) is 5. The fourth-order valence-corrected chi connectivity index (χ4v) is 6.53. The van der Waals surface area contributed by atoms with E-state index in [4.69, 9.17) is 23.7 Å². The van der Waals surface area contributed by atoms with Crippen LogP contribution in [0.3, 0.4) is 0 Å². The summed E-state index contributed by atoms with van der Waals surface area (Å²) in [5, 5.41) is 0. The maximum Gasteiger partial charge on any atom is 0.410 e. The van der Waals surface area contributed by atoms with Crippen LogP contribution in [0.4, 0.5) is 10.6 Å². The van der Waals surface area contributed by atoms with E-state index in [0.29, 0.717) is 87.8 Å². The summed E-state index contributed by atoms with van der Waals surface area (Å²) in [6.45, 7) is 9.61. The van der Waals surface area contributed by atoms with E-state index in [1.165, 1.54) is 0 Å². The first-order chi connectivity index (χ1) is 23.7. The minimum atomic E-state index is -0.647. The summed E-state index contributed by atoms with van der Waals surface area (Å²) < 4.78 is 29.0. The molecule has 12 nitrogen and oxygen atoms in total. The molecule has 0 aliphatic carbocycles. The minimum absolute atomic E-state index is 0.0410. The van der Waals surface area contributed by atoms with Gasteiger partial charge in [0, 0.05) is 44.2 Å². The highest BCUT2D eigenvalue weighted by Gasteiger charge is 2.36. The van der Waals surface area contributed by atoms with Crippen LogP contribution in [0, 0.1) is 0 Å². The number of likely N-dealkylation sites (tertiary alicyclic amines) is 1. The molecule has 2 amide bonds. The Morgan fingerprint density at radius 2 is 1.80 bits per heavy atom. The molecule has 12 heteroatoms. The highest BCUT2D eigenvalue weighted by atomic mass is 16.6. The van der Waals surface area contributed by atoms with Crippen molar-refractivity contribution in [3.8, 4) is 17.4 Å². The third-order valence-corrected chi connectivity index (χ3v) is 9.02. The fourth-order valence-electron chi connectivity index (χ4n) is 6.53. The standard InChI is InChI=1S/C37H47N5O7/c1-37(2,3)49-36(44)41(22-28-20-31-32(21-38-28)48-19-18-47-31)29-14-16-40(17-15-29)30(25-46-24-26-8-6-5-7-9-26)23-42-34(43)13-11-27-10-12-33(45-4)39-35(27)42/h5-10,12,20-21,29-30H,11,13-19,22-25H2,1-4H3. The average molecular weight is 674 g/mol. The average Bonchev–Trinajstić information content (AvgIpc) is 3.10. The molecule has 3 aliphatic rings. The van der Waals surface area contributed by atoms with E-state index in [2.05, 4.69) is 14.9 Å². The SMILES string of the molecule is COc1ccc2c(n1)N(CC(COCc1ccccc1)N1CCC(N(Cc3cc4c(cn3)OCCO4)C(=O)OC(C)(C)C)CC1)C(=O)CC2. The van der Waals surface area contributed by atoms with Gasteiger partial charge in [-0.2, -0.15) is 4.98 Å². The smallest absolute Gasteiger partial charge is 0.410 e. The molecule has 0 saturated carbocycles. The highest BCUT2D eigenvalue weighted by molar-refractivity contribution is 5.95. The zero-order chi connectivity index (χ0) is 34.4. The zero-order valence-corrected chi connectivity index (χ0v) is 28.9. The highest BCUT2D eigenvalue weighted by Crippen LogP contribution is 2.32. The van der Waals surface area contributed by atoms with Gasteiger partial charge in [0.25, 0.3) is 0 Å². The summed E-state index contributed by atoms with van der Waals surface area (Å²) in [5.41, 5.74) is 2.18.